The number of hydrogen-bond donors (Lipinski definition) is 1. The van der Waals surface area contributed by atoms with Gasteiger partial charge in [0.2, 0.25) is 0 Å². The van der Waals surface area contributed by atoms with Gasteiger partial charge in [0.25, 0.3) is 0 Å². The largest absolute Gasteiger partial charge is 0.354 e. The van der Waals surface area contributed by atoms with E-state index in [-0.39, 0.29) is 0 Å². The third-order valence-corrected chi connectivity index (χ3v) is 10.5. The smallest absolute Gasteiger partial charge is 0.172 e. The van der Waals surface area contributed by atoms with Crippen molar-refractivity contribution in [3.05, 3.63) is 89.5 Å². The Morgan fingerprint density at radius 1 is 0.978 bits per heavy atom. The molecule has 5 heterocycles. The van der Waals surface area contributed by atoms with Gasteiger partial charge in [0.15, 0.2) is 5.16 Å². The van der Waals surface area contributed by atoms with Crippen molar-refractivity contribution in [3.8, 4) is 17.3 Å². The maximum Gasteiger partial charge on any atom is 0.172 e. The van der Waals surface area contributed by atoms with E-state index in [0.29, 0.717) is 16.3 Å². The van der Waals surface area contributed by atoms with E-state index in [2.05, 4.69) is 43.3 Å². The zero-order valence-corrected chi connectivity index (χ0v) is 26.9. The van der Waals surface area contributed by atoms with Crippen LogP contribution in [0.3, 0.4) is 0 Å². The molecule has 0 unspecified atom stereocenters. The van der Waals surface area contributed by atoms with Gasteiger partial charge in [-0.05, 0) is 93.8 Å². The molecule has 0 amide bonds. The maximum absolute atomic E-state index is 9.88. The highest BCUT2D eigenvalue weighted by Gasteiger charge is 2.26. The number of likely N-dealkylation sites (tertiary alicyclic amines) is 2. The molecule has 45 heavy (non-hydrogen) atoms. The first kappa shape index (κ1) is 29.8. The molecular formula is C35H35ClN8S. The molecular weight excluding hydrogens is 600 g/mol. The van der Waals surface area contributed by atoms with Crippen LogP contribution in [-0.2, 0) is 13.6 Å². The molecule has 3 aromatic heterocycles. The zero-order valence-electron chi connectivity index (χ0n) is 25.3. The summed E-state index contributed by atoms with van der Waals surface area (Å²) in [5.41, 5.74) is 5.87. The van der Waals surface area contributed by atoms with Crippen LogP contribution in [0.15, 0.2) is 83.4 Å². The van der Waals surface area contributed by atoms with Crippen molar-refractivity contribution in [2.24, 2.45) is 7.05 Å². The van der Waals surface area contributed by atoms with E-state index >= 15 is 0 Å². The van der Waals surface area contributed by atoms with Crippen molar-refractivity contribution >= 4 is 45.6 Å². The Bertz CT molecular complexity index is 1850. The first-order chi connectivity index (χ1) is 22.0. The highest BCUT2D eigenvalue weighted by molar-refractivity contribution is 7.99. The zero-order chi connectivity index (χ0) is 30.8. The van der Waals surface area contributed by atoms with Gasteiger partial charge < -0.3 is 14.8 Å². The number of nitrogens with zero attached hydrogens (tertiary/aromatic N) is 7. The molecule has 0 atom stereocenters. The number of nitrogens with one attached hydrogen (secondary N) is 1. The number of imidazole rings is 1. The van der Waals surface area contributed by atoms with Gasteiger partial charge in [-0.3, -0.25) is 14.9 Å². The summed E-state index contributed by atoms with van der Waals surface area (Å²) in [5, 5.41) is 15.6. The molecule has 2 aromatic carbocycles. The van der Waals surface area contributed by atoms with Crippen LogP contribution in [-0.4, -0.2) is 61.5 Å². The maximum atomic E-state index is 9.88. The Labute approximate surface area is 273 Å². The molecule has 2 saturated heterocycles. The predicted molar refractivity (Wildman–Crippen MR) is 181 cm³/mol. The average Bonchev–Trinajstić information content (AvgIpc) is 3.75. The second-order valence-electron chi connectivity index (χ2n) is 11.9. The molecule has 2 aliphatic heterocycles. The average molecular weight is 635 g/mol. The standard InChI is InChI=1S/C35H35ClN8S/c1-42-17-12-38-35(42)45-33-9-6-27(19-30(33)36)41-34-26(20-37)22-40-32-18-25(5-7-29(32)34)31-8-4-24(21-39-31)23-43-15-10-28(11-16-43)44-13-2-3-14-44/h4-9,12,17-19,21-22,28H,2-3,10-11,13-16,23H2,1H3,(H,40,41). The molecule has 10 heteroatoms. The van der Waals surface area contributed by atoms with Crippen LogP contribution in [0.25, 0.3) is 22.2 Å². The number of fused-ring (bicyclic) bond motifs is 1. The minimum atomic E-state index is 0.463. The Hall–Kier alpha value is -3.94. The van der Waals surface area contributed by atoms with Crippen molar-refractivity contribution in [2.45, 2.75) is 48.3 Å². The number of pyridine rings is 2. The first-order valence-electron chi connectivity index (χ1n) is 15.5. The third kappa shape index (κ3) is 6.56. The Morgan fingerprint density at radius 3 is 2.53 bits per heavy atom. The number of nitriles is 1. The molecule has 7 rings (SSSR count). The molecule has 0 aliphatic carbocycles. The Morgan fingerprint density at radius 2 is 1.82 bits per heavy atom. The van der Waals surface area contributed by atoms with Gasteiger partial charge in [-0.15, -0.1) is 0 Å². The van der Waals surface area contributed by atoms with Crippen molar-refractivity contribution in [1.82, 2.24) is 29.3 Å². The molecule has 2 fully saturated rings. The molecule has 1 N–H and O–H groups in total. The summed E-state index contributed by atoms with van der Waals surface area (Å²) in [7, 11) is 1.95. The summed E-state index contributed by atoms with van der Waals surface area (Å²) in [4.78, 5) is 20.0. The highest BCUT2D eigenvalue weighted by atomic mass is 35.5. The lowest BCUT2D eigenvalue weighted by Crippen LogP contribution is -2.43. The van der Waals surface area contributed by atoms with Crippen molar-refractivity contribution in [1.29, 1.82) is 5.26 Å². The number of aryl methyl sites for hydroxylation is 1. The Balaban J connectivity index is 1.05. The van der Waals surface area contributed by atoms with E-state index in [1.165, 1.54) is 56.1 Å². The lowest BCUT2D eigenvalue weighted by Gasteiger charge is -2.36. The van der Waals surface area contributed by atoms with Gasteiger partial charge in [-0.1, -0.05) is 35.5 Å². The predicted octanol–water partition coefficient (Wildman–Crippen LogP) is 7.51. The van der Waals surface area contributed by atoms with E-state index in [1.54, 1.807) is 12.4 Å². The molecule has 0 saturated carbocycles. The van der Waals surface area contributed by atoms with E-state index in [9.17, 15) is 5.26 Å². The van der Waals surface area contributed by atoms with Crippen LogP contribution < -0.4 is 5.32 Å². The summed E-state index contributed by atoms with van der Waals surface area (Å²) >= 11 is 8.16. The fourth-order valence-electron chi connectivity index (χ4n) is 6.42. The lowest BCUT2D eigenvalue weighted by molar-refractivity contribution is 0.122. The molecule has 5 aromatic rings. The number of aromatic nitrogens is 4. The summed E-state index contributed by atoms with van der Waals surface area (Å²) in [5.74, 6) is 0. The van der Waals surface area contributed by atoms with Crippen molar-refractivity contribution in [3.63, 3.8) is 0 Å². The van der Waals surface area contributed by atoms with Crippen LogP contribution in [0.4, 0.5) is 11.4 Å². The second kappa shape index (κ2) is 13.2. The first-order valence-corrected chi connectivity index (χ1v) is 16.7. The molecule has 2 aliphatic rings. The molecule has 0 radical (unpaired) electrons. The van der Waals surface area contributed by atoms with E-state index < -0.39 is 0 Å². The number of anilines is 2. The number of piperidine rings is 1. The van der Waals surface area contributed by atoms with E-state index in [0.717, 1.165) is 63.6 Å². The number of rotatable bonds is 8. The van der Waals surface area contributed by atoms with E-state index in [4.69, 9.17) is 16.6 Å². The quantitative estimate of drug-likeness (QED) is 0.188. The molecule has 228 valence electrons. The van der Waals surface area contributed by atoms with Crippen LogP contribution >= 0.6 is 23.4 Å². The van der Waals surface area contributed by atoms with Crippen LogP contribution in [0.1, 0.15) is 36.8 Å². The van der Waals surface area contributed by atoms with Gasteiger partial charge in [0, 0.05) is 66.0 Å². The monoisotopic (exact) mass is 634 g/mol. The summed E-state index contributed by atoms with van der Waals surface area (Å²) in [6, 6.07) is 19.2. The topological polar surface area (TPSA) is 85.9 Å². The highest BCUT2D eigenvalue weighted by Crippen LogP contribution is 2.36. The van der Waals surface area contributed by atoms with Crippen LogP contribution in [0, 0.1) is 11.3 Å². The minimum Gasteiger partial charge on any atom is -0.354 e. The van der Waals surface area contributed by atoms with Gasteiger partial charge in [-0.25, -0.2) is 4.98 Å². The number of halogens is 1. The summed E-state index contributed by atoms with van der Waals surface area (Å²) < 4.78 is 1.95. The second-order valence-corrected chi connectivity index (χ2v) is 13.3. The lowest BCUT2D eigenvalue weighted by atomic mass is 10.0. The normalized spacial score (nSPS) is 16.3. The third-order valence-electron chi connectivity index (χ3n) is 8.91. The van der Waals surface area contributed by atoms with Crippen molar-refractivity contribution < 1.29 is 0 Å². The fraction of sp³-hybridized carbons (Fsp3) is 0.314. The van der Waals surface area contributed by atoms with Crippen LogP contribution in [0.2, 0.25) is 5.02 Å². The Kier molecular flexibility index (Phi) is 8.72. The minimum absolute atomic E-state index is 0.463. The SMILES string of the molecule is Cn1ccnc1Sc1ccc(Nc2c(C#N)cnc3cc(-c4ccc(CN5CCC(N6CCCC6)CC5)cn4)ccc23)cc1Cl. The fourth-order valence-corrected chi connectivity index (χ4v) is 7.53. The van der Waals surface area contributed by atoms with Crippen molar-refractivity contribution in [2.75, 3.05) is 31.5 Å². The van der Waals surface area contributed by atoms with Gasteiger partial charge >= 0.3 is 0 Å². The summed E-state index contributed by atoms with van der Waals surface area (Å²) in [6.45, 7) is 5.82. The van der Waals surface area contributed by atoms with Crippen LogP contribution in [0.5, 0.6) is 0 Å². The number of benzene rings is 2. The van der Waals surface area contributed by atoms with E-state index in [1.807, 2.05) is 60.4 Å². The van der Waals surface area contributed by atoms with Gasteiger partial charge in [0.1, 0.15) is 6.07 Å². The van der Waals surface area contributed by atoms with Gasteiger partial charge in [0.05, 0.1) is 27.5 Å². The molecule has 0 spiro atoms. The molecule has 8 nitrogen and oxygen atoms in total. The summed E-state index contributed by atoms with van der Waals surface area (Å²) in [6.07, 6.45) is 12.5. The number of hydrogen-bond acceptors (Lipinski definition) is 8. The van der Waals surface area contributed by atoms with Gasteiger partial charge in [-0.2, -0.15) is 5.26 Å². The molecule has 0 bridgehead atoms.